The lowest BCUT2D eigenvalue weighted by atomic mass is 10.2. The summed E-state index contributed by atoms with van der Waals surface area (Å²) in [6.07, 6.45) is 0. The standard InChI is InChI=1S/C14H22N2O5S/c1-5-15-10(2)9-16-22(18,19)13-7-6-11(14(17)21-4)8-12(13)20-3/h6-8,10,15-16H,5,9H2,1-4H3/t10-/m1/s1. The van der Waals surface area contributed by atoms with Gasteiger partial charge < -0.3 is 14.8 Å². The number of hydrogen-bond donors (Lipinski definition) is 2. The molecule has 7 nitrogen and oxygen atoms in total. The molecule has 0 aliphatic heterocycles. The Bertz CT molecular complexity index is 616. The van der Waals surface area contributed by atoms with Gasteiger partial charge in [0.2, 0.25) is 10.0 Å². The third-order valence-corrected chi connectivity index (χ3v) is 4.47. The maximum atomic E-state index is 12.3. The molecule has 0 aromatic heterocycles. The number of carbonyl (C=O) groups excluding carboxylic acids is 1. The van der Waals surface area contributed by atoms with Crippen molar-refractivity contribution in [1.29, 1.82) is 0 Å². The molecule has 0 unspecified atom stereocenters. The lowest BCUT2D eigenvalue weighted by Crippen LogP contribution is -2.38. The molecule has 0 spiro atoms. The summed E-state index contributed by atoms with van der Waals surface area (Å²) in [6.45, 7) is 4.82. The van der Waals surface area contributed by atoms with E-state index in [1.807, 2.05) is 13.8 Å². The number of sulfonamides is 1. The fourth-order valence-electron chi connectivity index (χ4n) is 1.87. The predicted molar refractivity (Wildman–Crippen MR) is 82.7 cm³/mol. The molecule has 0 aliphatic rings. The highest BCUT2D eigenvalue weighted by molar-refractivity contribution is 7.89. The van der Waals surface area contributed by atoms with Gasteiger partial charge in [-0.3, -0.25) is 0 Å². The number of esters is 1. The molecular weight excluding hydrogens is 308 g/mol. The summed E-state index contributed by atoms with van der Waals surface area (Å²) in [6, 6.07) is 4.05. The van der Waals surface area contributed by atoms with Gasteiger partial charge in [-0.2, -0.15) is 0 Å². The second kappa shape index (κ2) is 8.11. The molecule has 0 aliphatic carbocycles. The fraction of sp³-hybridized carbons (Fsp3) is 0.500. The molecule has 0 saturated heterocycles. The molecule has 0 saturated carbocycles. The van der Waals surface area contributed by atoms with Crippen LogP contribution in [0.2, 0.25) is 0 Å². The zero-order valence-electron chi connectivity index (χ0n) is 13.2. The predicted octanol–water partition coefficient (Wildman–Crippen LogP) is 0.758. The number of likely N-dealkylation sites (N-methyl/N-ethyl adjacent to an activating group) is 1. The van der Waals surface area contributed by atoms with Crippen molar-refractivity contribution in [2.24, 2.45) is 0 Å². The van der Waals surface area contributed by atoms with Crippen LogP contribution < -0.4 is 14.8 Å². The molecular formula is C14H22N2O5S. The summed E-state index contributed by atoms with van der Waals surface area (Å²) in [4.78, 5) is 11.5. The van der Waals surface area contributed by atoms with E-state index >= 15 is 0 Å². The summed E-state index contributed by atoms with van der Waals surface area (Å²) in [5.74, 6) is -0.470. The van der Waals surface area contributed by atoms with E-state index in [0.717, 1.165) is 6.54 Å². The zero-order valence-corrected chi connectivity index (χ0v) is 14.0. The Morgan fingerprint density at radius 1 is 1.32 bits per heavy atom. The Morgan fingerprint density at radius 3 is 2.55 bits per heavy atom. The van der Waals surface area contributed by atoms with Crippen LogP contribution >= 0.6 is 0 Å². The van der Waals surface area contributed by atoms with Gasteiger partial charge in [0.15, 0.2) is 0 Å². The van der Waals surface area contributed by atoms with Crippen LogP contribution in [0.1, 0.15) is 24.2 Å². The number of rotatable bonds is 8. The van der Waals surface area contributed by atoms with Gasteiger partial charge in [-0.1, -0.05) is 6.92 Å². The molecule has 0 radical (unpaired) electrons. The van der Waals surface area contributed by atoms with E-state index in [-0.39, 0.29) is 28.8 Å². The third kappa shape index (κ3) is 4.69. The number of benzene rings is 1. The minimum atomic E-state index is -3.73. The second-order valence-corrected chi connectivity index (χ2v) is 6.40. The lowest BCUT2D eigenvalue weighted by molar-refractivity contribution is 0.0600. The Hall–Kier alpha value is -1.64. The lowest BCUT2D eigenvalue weighted by Gasteiger charge is -2.15. The van der Waals surface area contributed by atoms with Gasteiger partial charge >= 0.3 is 5.97 Å². The number of methoxy groups -OCH3 is 2. The highest BCUT2D eigenvalue weighted by Crippen LogP contribution is 2.25. The number of hydrogen-bond acceptors (Lipinski definition) is 6. The number of ether oxygens (including phenoxy) is 2. The third-order valence-electron chi connectivity index (χ3n) is 3.01. The molecule has 124 valence electrons. The molecule has 0 heterocycles. The van der Waals surface area contributed by atoms with Gasteiger partial charge in [-0.25, -0.2) is 17.9 Å². The van der Waals surface area contributed by atoms with Crippen molar-refractivity contribution in [3.8, 4) is 5.75 Å². The fourth-order valence-corrected chi connectivity index (χ4v) is 3.15. The first-order valence-electron chi connectivity index (χ1n) is 6.85. The summed E-state index contributed by atoms with van der Waals surface area (Å²) in [7, 11) is -1.14. The Labute approximate surface area is 131 Å². The molecule has 8 heteroatoms. The minimum absolute atomic E-state index is 0.000104. The molecule has 0 amide bonds. The van der Waals surface area contributed by atoms with E-state index in [4.69, 9.17) is 4.74 Å². The largest absolute Gasteiger partial charge is 0.495 e. The zero-order chi connectivity index (χ0) is 16.8. The van der Waals surface area contributed by atoms with Gasteiger partial charge in [0.25, 0.3) is 0 Å². The van der Waals surface area contributed by atoms with Gasteiger partial charge in [-0.15, -0.1) is 0 Å². The average molecular weight is 330 g/mol. The van der Waals surface area contributed by atoms with Gasteiger partial charge in [0, 0.05) is 12.6 Å². The van der Waals surface area contributed by atoms with Crippen LogP contribution in [-0.4, -0.2) is 47.7 Å². The van der Waals surface area contributed by atoms with Crippen LogP contribution in [0.4, 0.5) is 0 Å². The molecule has 0 fully saturated rings. The monoisotopic (exact) mass is 330 g/mol. The van der Waals surface area contributed by atoms with Crippen LogP contribution in [-0.2, 0) is 14.8 Å². The molecule has 2 N–H and O–H groups in total. The summed E-state index contributed by atoms with van der Waals surface area (Å²) >= 11 is 0. The summed E-state index contributed by atoms with van der Waals surface area (Å²) < 4.78 is 36.9. The van der Waals surface area contributed by atoms with Crippen molar-refractivity contribution < 1.29 is 22.7 Å². The van der Waals surface area contributed by atoms with Crippen molar-refractivity contribution in [2.75, 3.05) is 27.3 Å². The van der Waals surface area contributed by atoms with E-state index in [0.29, 0.717) is 0 Å². The SMILES string of the molecule is CCN[C@H](C)CNS(=O)(=O)c1ccc(C(=O)OC)cc1OC. The quantitative estimate of drug-likeness (QED) is 0.684. The molecule has 1 rings (SSSR count). The van der Waals surface area contributed by atoms with E-state index in [1.54, 1.807) is 0 Å². The second-order valence-electron chi connectivity index (χ2n) is 4.67. The number of nitrogens with one attached hydrogen (secondary N) is 2. The Morgan fingerprint density at radius 2 is 2.00 bits per heavy atom. The maximum Gasteiger partial charge on any atom is 0.337 e. The highest BCUT2D eigenvalue weighted by Gasteiger charge is 2.21. The topological polar surface area (TPSA) is 93.7 Å². The van der Waals surface area contributed by atoms with Crippen molar-refractivity contribution in [1.82, 2.24) is 10.0 Å². The first-order chi connectivity index (χ1) is 10.4. The maximum absolute atomic E-state index is 12.3. The first kappa shape index (κ1) is 18.4. The van der Waals surface area contributed by atoms with Gasteiger partial charge in [0.1, 0.15) is 10.6 Å². The molecule has 0 bridgehead atoms. The number of carbonyl (C=O) groups is 1. The van der Waals surface area contributed by atoms with Crippen molar-refractivity contribution in [3.63, 3.8) is 0 Å². The van der Waals surface area contributed by atoms with E-state index in [2.05, 4.69) is 14.8 Å². The van der Waals surface area contributed by atoms with Crippen LogP contribution in [0.15, 0.2) is 23.1 Å². The first-order valence-corrected chi connectivity index (χ1v) is 8.33. The smallest absolute Gasteiger partial charge is 0.337 e. The van der Waals surface area contributed by atoms with Gasteiger partial charge in [-0.05, 0) is 31.7 Å². The van der Waals surface area contributed by atoms with Crippen molar-refractivity contribution >= 4 is 16.0 Å². The molecule has 1 atom stereocenters. The van der Waals surface area contributed by atoms with E-state index in [1.165, 1.54) is 32.4 Å². The molecule has 22 heavy (non-hydrogen) atoms. The average Bonchev–Trinajstić information content (AvgIpc) is 2.51. The molecule has 1 aromatic rings. The van der Waals surface area contributed by atoms with Crippen LogP contribution in [0.5, 0.6) is 5.75 Å². The van der Waals surface area contributed by atoms with E-state index < -0.39 is 16.0 Å². The van der Waals surface area contributed by atoms with Crippen LogP contribution in [0.3, 0.4) is 0 Å². The summed E-state index contributed by atoms with van der Waals surface area (Å²) in [5.41, 5.74) is 0.222. The summed E-state index contributed by atoms with van der Waals surface area (Å²) in [5, 5.41) is 3.11. The minimum Gasteiger partial charge on any atom is -0.495 e. The molecule has 1 aromatic carbocycles. The normalized spacial score (nSPS) is 12.7. The van der Waals surface area contributed by atoms with Gasteiger partial charge in [0.05, 0.1) is 19.8 Å². The Kier molecular flexibility index (Phi) is 6.79. The van der Waals surface area contributed by atoms with E-state index in [9.17, 15) is 13.2 Å². The highest BCUT2D eigenvalue weighted by atomic mass is 32.2. The van der Waals surface area contributed by atoms with Crippen molar-refractivity contribution in [2.45, 2.75) is 24.8 Å². The van der Waals surface area contributed by atoms with Crippen molar-refractivity contribution in [3.05, 3.63) is 23.8 Å². The van der Waals surface area contributed by atoms with Crippen LogP contribution in [0.25, 0.3) is 0 Å². The van der Waals surface area contributed by atoms with Crippen LogP contribution in [0, 0.1) is 0 Å². The Balaban J connectivity index is 3.01.